The van der Waals surface area contributed by atoms with Crippen molar-refractivity contribution in [3.05, 3.63) is 0 Å². The Morgan fingerprint density at radius 3 is 2.48 bits per heavy atom. The Kier molecular flexibility index (Phi) is 7.79. The summed E-state index contributed by atoms with van der Waals surface area (Å²) in [7, 11) is 0. The number of guanidine groups is 1. The summed E-state index contributed by atoms with van der Waals surface area (Å²) in [6.45, 7) is 15.6. The summed E-state index contributed by atoms with van der Waals surface area (Å²) in [5, 5.41) is 6.56. The van der Waals surface area contributed by atoms with Gasteiger partial charge in [0.25, 0.3) is 0 Å². The average molecular weight is 408 g/mol. The number of ether oxygens (including phenoxy) is 1. The largest absolute Gasteiger partial charge is 0.377 e. The minimum Gasteiger partial charge on any atom is -0.377 e. The molecule has 0 aromatic rings. The lowest BCUT2D eigenvalue weighted by Gasteiger charge is -2.40. The van der Waals surface area contributed by atoms with Gasteiger partial charge in [0.1, 0.15) is 0 Å². The number of nitrogens with one attached hydrogen (secondary N) is 2. The van der Waals surface area contributed by atoms with Crippen molar-refractivity contribution in [1.29, 1.82) is 0 Å². The normalized spacial score (nSPS) is 27.0. The van der Waals surface area contributed by atoms with Crippen LogP contribution in [-0.4, -0.2) is 86.2 Å². The molecule has 2 unspecified atom stereocenters. The van der Waals surface area contributed by atoms with Crippen LogP contribution in [0.4, 0.5) is 0 Å². The van der Waals surface area contributed by atoms with Crippen LogP contribution in [0.5, 0.6) is 0 Å². The zero-order valence-corrected chi connectivity index (χ0v) is 18.9. The van der Waals surface area contributed by atoms with Crippen LogP contribution in [0.1, 0.15) is 53.4 Å². The Hall–Kier alpha value is -1.34. The second kappa shape index (κ2) is 10.1. The maximum absolute atomic E-state index is 12.1. The molecule has 2 aliphatic heterocycles. The van der Waals surface area contributed by atoms with Gasteiger partial charge in [0.05, 0.1) is 12.6 Å². The molecule has 1 saturated carbocycles. The van der Waals surface area contributed by atoms with Crippen molar-refractivity contribution in [1.82, 2.24) is 20.4 Å². The Bertz CT molecular complexity index is 562. The number of piperazine rings is 1. The highest BCUT2D eigenvalue weighted by molar-refractivity contribution is 5.80. The molecule has 1 amide bonds. The molecule has 2 N–H and O–H groups in total. The molecule has 7 heteroatoms. The molecule has 7 nitrogen and oxygen atoms in total. The topological polar surface area (TPSA) is 69.2 Å². The van der Waals surface area contributed by atoms with E-state index in [2.05, 4.69) is 48.1 Å². The second-order valence-corrected chi connectivity index (χ2v) is 9.86. The molecule has 2 saturated heterocycles. The molecule has 3 fully saturated rings. The number of amides is 1. The predicted octanol–water partition coefficient (Wildman–Crippen LogP) is 1.69. The fourth-order valence-corrected chi connectivity index (χ4v) is 4.44. The number of aliphatic imine (C=N–C) groups is 1. The first kappa shape index (κ1) is 22.3. The van der Waals surface area contributed by atoms with Gasteiger partial charge < -0.3 is 20.3 Å². The molecule has 29 heavy (non-hydrogen) atoms. The zero-order chi connectivity index (χ0) is 20.9. The Morgan fingerprint density at radius 1 is 1.14 bits per heavy atom. The van der Waals surface area contributed by atoms with E-state index in [9.17, 15) is 4.79 Å². The smallest absolute Gasteiger partial charge is 0.234 e. The molecule has 0 bridgehead atoms. The molecule has 3 aliphatic rings. The second-order valence-electron chi connectivity index (χ2n) is 9.86. The van der Waals surface area contributed by atoms with E-state index in [0.29, 0.717) is 18.5 Å². The molecule has 0 aromatic carbocycles. The van der Waals surface area contributed by atoms with Crippen molar-refractivity contribution < 1.29 is 9.53 Å². The van der Waals surface area contributed by atoms with Crippen LogP contribution in [0.15, 0.2) is 4.99 Å². The quantitative estimate of drug-likeness (QED) is 0.518. The predicted molar refractivity (Wildman–Crippen MR) is 117 cm³/mol. The number of carbonyl (C=O) groups is 1. The van der Waals surface area contributed by atoms with Crippen LogP contribution in [0.25, 0.3) is 0 Å². The van der Waals surface area contributed by atoms with Gasteiger partial charge in [-0.15, -0.1) is 0 Å². The SMILES string of the molecule is CCNC(=NCC1CCCOC1C(C)(C)C)N1CCN(CC(=O)NC2CC2)CC1. The van der Waals surface area contributed by atoms with Crippen LogP contribution >= 0.6 is 0 Å². The molecule has 2 heterocycles. The lowest BCUT2D eigenvalue weighted by atomic mass is 9.78. The molecule has 0 radical (unpaired) electrons. The highest BCUT2D eigenvalue weighted by Crippen LogP contribution is 2.34. The van der Waals surface area contributed by atoms with Crippen LogP contribution in [0.3, 0.4) is 0 Å². The van der Waals surface area contributed by atoms with Crippen LogP contribution in [0.2, 0.25) is 0 Å². The minimum absolute atomic E-state index is 0.144. The van der Waals surface area contributed by atoms with Crippen molar-refractivity contribution in [2.45, 2.75) is 65.5 Å². The molecule has 2 atom stereocenters. The molecular weight excluding hydrogens is 366 g/mol. The van der Waals surface area contributed by atoms with Crippen LogP contribution < -0.4 is 10.6 Å². The number of hydrogen-bond acceptors (Lipinski definition) is 4. The minimum atomic E-state index is 0.144. The van der Waals surface area contributed by atoms with Crippen molar-refractivity contribution in [2.24, 2.45) is 16.3 Å². The monoisotopic (exact) mass is 407 g/mol. The summed E-state index contributed by atoms with van der Waals surface area (Å²) in [6.07, 6.45) is 4.87. The fraction of sp³-hybridized carbons (Fsp3) is 0.909. The number of hydrogen-bond donors (Lipinski definition) is 2. The average Bonchev–Trinajstić information content (AvgIpc) is 3.49. The molecule has 3 rings (SSSR count). The van der Waals surface area contributed by atoms with E-state index in [-0.39, 0.29) is 17.4 Å². The van der Waals surface area contributed by atoms with Gasteiger partial charge in [-0.1, -0.05) is 20.8 Å². The van der Waals surface area contributed by atoms with Crippen molar-refractivity contribution >= 4 is 11.9 Å². The highest BCUT2D eigenvalue weighted by Gasteiger charge is 2.35. The van der Waals surface area contributed by atoms with E-state index in [4.69, 9.17) is 9.73 Å². The first-order chi connectivity index (χ1) is 13.9. The van der Waals surface area contributed by atoms with Crippen molar-refractivity contribution in [3.8, 4) is 0 Å². The third-order valence-electron chi connectivity index (χ3n) is 6.09. The lowest BCUT2D eigenvalue weighted by molar-refractivity contribution is -0.122. The summed E-state index contributed by atoms with van der Waals surface area (Å²) in [4.78, 5) is 21.7. The van der Waals surface area contributed by atoms with E-state index in [1.165, 1.54) is 6.42 Å². The first-order valence-electron chi connectivity index (χ1n) is 11.5. The van der Waals surface area contributed by atoms with E-state index < -0.39 is 0 Å². The van der Waals surface area contributed by atoms with Gasteiger partial charge in [-0.05, 0) is 38.0 Å². The van der Waals surface area contributed by atoms with Gasteiger partial charge in [-0.2, -0.15) is 0 Å². The number of rotatable bonds is 6. The standard InChI is InChI=1S/C22H41N5O2/c1-5-23-21(24-15-17-7-6-14-29-20(17)22(2,3)4)27-12-10-26(11-13-27)16-19(28)25-18-8-9-18/h17-18,20H,5-16H2,1-4H3,(H,23,24)(H,25,28). The maximum Gasteiger partial charge on any atom is 0.234 e. The summed E-state index contributed by atoms with van der Waals surface area (Å²) in [5.41, 5.74) is 0.144. The summed E-state index contributed by atoms with van der Waals surface area (Å²) in [6, 6.07) is 0.442. The number of carbonyl (C=O) groups excluding carboxylic acids is 1. The summed E-state index contributed by atoms with van der Waals surface area (Å²) < 4.78 is 6.13. The highest BCUT2D eigenvalue weighted by atomic mass is 16.5. The van der Waals surface area contributed by atoms with Crippen molar-refractivity contribution in [3.63, 3.8) is 0 Å². The molecule has 0 spiro atoms. The molecule has 0 aromatic heterocycles. The van der Waals surface area contributed by atoms with Gasteiger partial charge >= 0.3 is 0 Å². The van der Waals surface area contributed by atoms with Crippen LogP contribution in [-0.2, 0) is 9.53 Å². The molecule has 166 valence electrons. The Labute approximate surface area is 176 Å². The Morgan fingerprint density at radius 2 is 1.86 bits per heavy atom. The lowest BCUT2D eigenvalue weighted by Crippen LogP contribution is -2.54. The zero-order valence-electron chi connectivity index (χ0n) is 18.9. The van der Waals surface area contributed by atoms with E-state index in [1.54, 1.807) is 0 Å². The van der Waals surface area contributed by atoms with Gasteiger partial charge in [0.2, 0.25) is 5.91 Å². The third-order valence-corrected chi connectivity index (χ3v) is 6.09. The maximum atomic E-state index is 12.1. The van der Waals surface area contributed by atoms with Gasteiger partial charge in [-0.25, -0.2) is 0 Å². The Balaban J connectivity index is 1.51. The van der Waals surface area contributed by atoms with Crippen molar-refractivity contribution in [2.75, 3.05) is 52.4 Å². The molecule has 1 aliphatic carbocycles. The van der Waals surface area contributed by atoms with Gasteiger partial charge in [0.15, 0.2) is 5.96 Å². The fourth-order valence-electron chi connectivity index (χ4n) is 4.44. The van der Waals surface area contributed by atoms with E-state index >= 15 is 0 Å². The first-order valence-corrected chi connectivity index (χ1v) is 11.5. The summed E-state index contributed by atoms with van der Waals surface area (Å²) >= 11 is 0. The number of nitrogens with zero attached hydrogens (tertiary/aromatic N) is 3. The summed E-state index contributed by atoms with van der Waals surface area (Å²) in [5.74, 6) is 1.66. The third kappa shape index (κ3) is 6.85. The molecular formula is C22H41N5O2. The van der Waals surface area contributed by atoms with E-state index in [0.717, 1.165) is 71.1 Å². The van der Waals surface area contributed by atoms with Crippen LogP contribution in [0, 0.1) is 11.3 Å². The van der Waals surface area contributed by atoms with Gasteiger partial charge in [0, 0.05) is 57.8 Å². The van der Waals surface area contributed by atoms with E-state index in [1.807, 2.05) is 0 Å². The van der Waals surface area contributed by atoms with Gasteiger partial charge in [-0.3, -0.25) is 14.7 Å².